The van der Waals surface area contributed by atoms with Crippen molar-refractivity contribution in [3.63, 3.8) is 0 Å². The predicted octanol–water partition coefficient (Wildman–Crippen LogP) is 3.45. The van der Waals surface area contributed by atoms with Gasteiger partial charge in [-0.15, -0.1) is 0 Å². The Morgan fingerprint density at radius 1 is 1.08 bits per heavy atom. The maximum absolute atomic E-state index is 12.0. The monoisotopic (exact) mass is 345 g/mol. The number of carbonyl (C=O) groups excluding carboxylic acids is 2. The van der Waals surface area contributed by atoms with E-state index in [0.717, 1.165) is 11.3 Å². The van der Waals surface area contributed by atoms with Crippen LogP contribution in [0.25, 0.3) is 0 Å². The van der Waals surface area contributed by atoms with Crippen LogP contribution in [-0.4, -0.2) is 24.9 Å². The molecule has 0 bridgehead atoms. The van der Waals surface area contributed by atoms with Crippen molar-refractivity contribution in [3.05, 3.63) is 58.6 Å². The second-order valence-electron chi connectivity index (χ2n) is 5.25. The van der Waals surface area contributed by atoms with Crippen molar-refractivity contribution in [2.75, 3.05) is 23.7 Å². The highest BCUT2D eigenvalue weighted by molar-refractivity contribution is 6.31. The molecule has 24 heavy (non-hydrogen) atoms. The third kappa shape index (κ3) is 4.73. The van der Waals surface area contributed by atoms with Crippen LogP contribution in [0.4, 0.5) is 11.4 Å². The van der Waals surface area contributed by atoms with Crippen LogP contribution in [0.15, 0.2) is 42.5 Å². The predicted molar refractivity (Wildman–Crippen MR) is 97.8 cm³/mol. The maximum atomic E-state index is 12.0. The molecule has 0 aliphatic heterocycles. The van der Waals surface area contributed by atoms with Crippen LogP contribution in [0.1, 0.15) is 22.8 Å². The van der Waals surface area contributed by atoms with Gasteiger partial charge in [-0.25, -0.2) is 0 Å². The van der Waals surface area contributed by atoms with Gasteiger partial charge in [0.15, 0.2) is 0 Å². The first-order chi connectivity index (χ1) is 11.5. The van der Waals surface area contributed by atoms with Crippen LogP contribution in [0.2, 0.25) is 5.02 Å². The summed E-state index contributed by atoms with van der Waals surface area (Å²) in [5.74, 6) is -0.311. The number of rotatable bonds is 6. The van der Waals surface area contributed by atoms with Crippen molar-refractivity contribution in [2.24, 2.45) is 0 Å². The summed E-state index contributed by atoms with van der Waals surface area (Å²) >= 11 is 6.05. The Kier molecular flexibility index (Phi) is 6.21. The fourth-order valence-corrected chi connectivity index (χ4v) is 2.32. The Hall–Kier alpha value is -2.53. The van der Waals surface area contributed by atoms with Crippen LogP contribution in [-0.2, 0) is 4.79 Å². The van der Waals surface area contributed by atoms with E-state index in [-0.39, 0.29) is 18.4 Å². The highest BCUT2D eigenvalue weighted by atomic mass is 35.5. The molecule has 0 saturated heterocycles. The third-order valence-corrected chi connectivity index (χ3v) is 3.88. The van der Waals surface area contributed by atoms with E-state index < -0.39 is 0 Å². The summed E-state index contributed by atoms with van der Waals surface area (Å²) in [6.07, 6.45) is 0. The minimum atomic E-state index is -0.180. The van der Waals surface area contributed by atoms with Gasteiger partial charge in [-0.3, -0.25) is 9.59 Å². The van der Waals surface area contributed by atoms with Crippen LogP contribution in [0, 0.1) is 6.92 Å². The molecule has 2 aromatic rings. The molecule has 0 atom stereocenters. The van der Waals surface area contributed by atoms with E-state index in [2.05, 4.69) is 16.0 Å². The Balaban J connectivity index is 1.90. The van der Waals surface area contributed by atoms with Crippen molar-refractivity contribution >= 4 is 34.8 Å². The SMILES string of the molecule is CCNC(=O)c1ccc(NC(=O)CNc2cccc(Cl)c2C)cc1. The molecule has 0 aliphatic rings. The third-order valence-electron chi connectivity index (χ3n) is 3.48. The Morgan fingerprint density at radius 2 is 1.79 bits per heavy atom. The van der Waals surface area contributed by atoms with Gasteiger partial charge in [0.2, 0.25) is 5.91 Å². The molecule has 6 heteroatoms. The van der Waals surface area contributed by atoms with Crippen molar-refractivity contribution in [1.82, 2.24) is 5.32 Å². The lowest BCUT2D eigenvalue weighted by atomic mass is 10.2. The second kappa shape index (κ2) is 8.36. The number of carbonyl (C=O) groups is 2. The zero-order valence-corrected chi connectivity index (χ0v) is 14.4. The normalized spacial score (nSPS) is 10.1. The molecule has 0 radical (unpaired) electrons. The molecule has 0 aromatic heterocycles. The minimum Gasteiger partial charge on any atom is -0.376 e. The van der Waals surface area contributed by atoms with Gasteiger partial charge in [0.1, 0.15) is 0 Å². The molecular weight excluding hydrogens is 326 g/mol. The molecule has 0 heterocycles. The minimum absolute atomic E-state index is 0.124. The van der Waals surface area contributed by atoms with Crippen LogP contribution in [0.5, 0.6) is 0 Å². The van der Waals surface area contributed by atoms with Gasteiger partial charge >= 0.3 is 0 Å². The lowest BCUT2D eigenvalue weighted by molar-refractivity contribution is -0.114. The number of hydrogen-bond donors (Lipinski definition) is 3. The van der Waals surface area contributed by atoms with Gasteiger partial charge in [0.25, 0.3) is 5.91 Å². The molecule has 5 nitrogen and oxygen atoms in total. The molecule has 3 N–H and O–H groups in total. The average Bonchev–Trinajstić information content (AvgIpc) is 2.57. The summed E-state index contributed by atoms with van der Waals surface area (Å²) in [6.45, 7) is 4.45. The summed E-state index contributed by atoms with van der Waals surface area (Å²) in [6, 6.07) is 12.3. The summed E-state index contributed by atoms with van der Waals surface area (Å²) in [7, 11) is 0. The lowest BCUT2D eigenvalue weighted by Crippen LogP contribution is -2.23. The Labute approximate surface area is 146 Å². The van der Waals surface area contributed by atoms with E-state index in [1.54, 1.807) is 30.3 Å². The van der Waals surface area contributed by atoms with E-state index in [1.807, 2.05) is 26.0 Å². The lowest BCUT2D eigenvalue weighted by Gasteiger charge is -2.11. The molecule has 2 aromatic carbocycles. The molecule has 0 fully saturated rings. The van der Waals surface area contributed by atoms with E-state index in [4.69, 9.17) is 11.6 Å². The second-order valence-corrected chi connectivity index (χ2v) is 5.66. The topological polar surface area (TPSA) is 70.2 Å². The number of amides is 2. The quantitative estimate of drug-likeness (QED) is 0.751. The van der Waals surface area contributed by atoms with Gasteiger partial charge < -0.3 is 16.0 Å². The van der Waals surface area contributed by atoms with Gasteiger partial charge in [0, 0.05) is 28.5 Å². The Bertz CT molecular complexity index is 730. The maximum Gasteiger partial charge on any atom is 0.251 e. The van der Waals surface area contributed by atoms with Crippen molar-refractivity contribution in [2.45, 2.75) is 13.8 Å². The summed E-state index contributed by atoms with van der Waals surface area (Å²) < 4.78 is 0. The summed E-state index contributed by atoms with van der Waals surface area (Å²) in [5, 5.41) is 9.22. The number of nitrogens with one attached hydrogen (secondary N) is 3. The summed E-state index contributed by atoms with van der Waals surface area (Å²) in [5.41, 5.74) is 2.92. The van der Waals surface area contributed by atoms with Crippen LogP contribution < -0.4 is 16.0 Å². The van der Waals surface area contributed by atoms with E-state index in [9.17, 15) is 9.59 Å². The van der Waals surface area contributed by atoms with E-state index >= 15 is 0 Å². The molecule has 2 amide bonds. The van der Waals surface area contributed by atoms with Gasteiger partial charge in [-0.2, -0.15) is 0 Å². The first-order valence-electron chi connectivity index (χ1n) is 7.68. The fraction of sp³-hybridized carbons (Fsp3) is 0.222. The first-order valence-corrected chi connectivity index (χ1v) is 8.06. The highest BCUT2D eigenvalue weighted by Crippen LogP contribution is 2.22. The van der Waals surface area contributed by atoms with E-state index in [1.165, 1.54) is 0 Å². The van der Waals surface area contributed by atoms with Gasteiger partial charge in [-0.05, 0) is 55.8 Å². The highest BCUT2D eigenvalue weighted by Gasteiger charge is 2.07. The van der Waals surface area contributed by atoms with Crippen molar-refractivity contribution < 1.29 is 9.59 Å². The zero-order valence-electron chi connectivity index (χ0n) is 13.7. The molecule has 0 aliphatic carbocycles. The molecule has 126 valence electrons. The number of anilines is 2. The molecule has 0 saturated carbocycles. The number of halogens is 1. The molecule has 0 unspecified atom stereocenters. The standard InChI is InChI=1S/C18H20ClN3O2/c1-3-20-18(24)13-7-9-14(10-8-13)22-17(23)11-21-16-6-4-5-15(19)12(16)2/h4-10,21H,3,11H2,1-2H3,(H,20,24)(H,22,23). The number of benzene rings is 2. The molecule has 0 spiro atoms. The molecular formula is C18H20ClN3O2. The van der Waals surface area contributed by atoms with Crippen molar-refractivity contribution in [3.8, 4) is 0 Å². The smallest absolute Gasteiger partial charge is 0.251 e. The van der Waals surface area contributed by atoms with Crippen LogP contribution >= 0.6 is 11.6 Å². The largest absolute Gasteiger partial charge is 0.376 e. The van der Waals surface area contributed by atoms with Crippen molar-refractivity contribution in [1.29, 1.82) is 0 Å². The van der Waals surface area contributed by atoms with Gasteiger partial charge in [-0.1, -0.05) is 17.7 Å². The fourth-order valence-electron chi connectivity index (χ4n) is 2.15. The van der Waals surface area contributed by atoms with Gasteiger partial charge in [0.05, 0.1) is 6.54 Å². The van der Waals surface area contributed by atoms with E-state index in [0.29, 0.717) is 22.8 Å². The Morgan fingerprint density at radius 3 is 2.46 bits per heavy atom. The first kappa shape index (κ1) is 17.8. The van der Waals surface area contributed by atoms with Crippen LogP contribution in [0.3, 0.4) is 0 Å². The number of hydrogen-bond acceptors (Lipinski definition) is 3. The summed E-state index contributed by atoms with van der Waals surface area (Å²) in [4.78, 5) is 23.7. The molecule has 2 rings (SSSR count). The zero-order chi connectivity index (χ0) is 17.5. The average molecular weight is 346 g/mol.